The van der Waals surface area contributed by atoms with Crippen LogP contribution >= 0.6 is 11.6 Å². The third-order valence-corrected chi connectivity index (χ3v) is 2.62. The molecule has 1 unspecified atom stereocenters. The lowest BCUT2D eigenvalue weighted by molar-refractivity contribution is -0.137. The summed E-state index contributed by atoms with van der Waals surface area (Å²) in [5.41, 5.74) is 6.79. The monoisotopic (exact) mass is 239 g/mol. The molecule has 16 heavy (non-hydrogen) atoms. The molecule has 0 aliphatic rings. The van der Waals surface area contributed by atoms with E-state index in [1.165, 1.54) is 0 Å². The number of nitrogens with two attached hydrogens (primary N) is 1. The van der Waals surface area contributed by atoms with Crippen LogP contribution in [0.4, 0.5) is 0 Å². The van der Waals surface area contributed by atoms with Crippen LogP contribution in [-0.2, 0) is 4.79 Å². The molecule has 0 aliphatic heterocycles. The van der Waals surface area contributed by atoms with Crippen molar-refractivity contribution in [3.8, 4) is 0 Å². The molecule has 6 heteroatoms. The Morgan fingerprint density at radius 2 is 2.38 bits per heavy atom. The predicted octanol–water partition coefficient (Wildman–Crippen LogP) is 1.46. The molecule has 0 bridgehead atoms. The SMILES string of the molecule is NC(CC(=O)O)c1nc2ccccn2c1Cl. The first kappa shape index (κ1) is 10.9. The molecule has 2 rings (SSSR count). The summed E-state index contributed by atoms with van der Waals surface area (Å²) >= 11 is 6.06. The van der Waals surface area contributed by atoms with Gasteiger partial charge in [-0.2, -0.15) is 0 Å². The number of halogens is 1. The highest BCUT2D eigenvalue weighted by molar-refractivity contribution is 6.30. The summed E-state index contributed by atoms with van der Waals surface area (Å²) in [6, 6.07) is 4.73. The van der Waals surface area contributed by atoms with Crippen LogP contribution in [0.1, 0.15) is 18.2 Å². The Morgan fingerprint density at radius 3 is 3.00 bits per heavy atom. The molecule has 0 fully saturated rings. The Morgan fingerprint density at radius 1 is 1.62 bits per heavy atom. The van der Waals surface area contributed by atoms with Gasteiger partial charge in [-0.1, -0.05) is 17.7 Å². The molecule has 0 spiro atoms. The second-order valence-corrected chi connectivity index (χ2v) is 3.78. The standard InChI is InChI=1S/C10H10ClN3O2/c11-10-9(6(12)5-8(15)16)13-7-3-1-2-4-14(7)10/h1-4,6H,5,12H2,(H,15,16). The third-order valence-electron chi connectivity index (χ3n) is 2.24. The van der Waals surface area contributed by atoms with Crippen LogP contribution in [0.15, 0.2) is 24.4 Å². The van der Waals surface area contributed by atoms with E-state index in [0.717, 1.165) is 0 Å². The zero-order valence-corrected chi connectivity index (χ0v) is 9.05. The number of rotatable bonds is 3. The summed E-state index contributed by atoms with van der Waals surface area (Å²) in [4.78, 5) is 14.8. The minimum Gasteiger partial charge on any atom is -0.481 e. The van der Waals surface area contributed by atoms with Crippen LogP contribution in [0.3, 0.4) is 0 Å². The third kappa shape index (κ3) is 1.87. The first-order chi connectivity index (χ1) is 7.59. The largest absolute Gasteiger partial charge is 0.481 e. The Kier molecular flexibility index (Phi) is 2.80. The number of aromatic nitrogens is 2. The van der Waals surface area contributed by atoms with Crippen molar-refractivity contribution in [2.24, 2.45) is 5.73 Å². The molecule has 0 amide bonds. The molecule has 0 aliphatic carbocycles. The van der Waals surface area contributed by atoms with Gasteiger partial charge in [0.05, 0.1) is 18.2 Å². The van der Waals surface area contributed by atoms with Gasteiger partial charge in [0, 0.05) is 6.20 Å². The van der Waals surface area contributed by atoms with Crippen molar-refractivity contribution in [1.29, 1.82) is 0 Å². The fourth-order valence-corrected chi connectivity index (χ4v) is 1.83. The number of nitrogens with zero attached hydrogens (tertiary/aromatic N) is 2. The molecule has 2 aromatic heterocycles. The Hall–Kier alpha value is -1.59. The summed E-state index contributed by atoms with van der Waals surface area (Å²) in [5, 5.41) is 9.02. The Balaban J connectivity index is 2.45. The molecule has 2 heterocycles. The smallest absolute Gasteiger partial charge is 0.305 e. The van der Waals surface area contributed by atoms with Crippen molar-refractivity contribution in [3.63, 3.8) is 0 Å². The van der Waals surface area contributed by atoms with Crippen molar-refractivity contribution < 1.29 is 9.90 Å². The number of pyridine rings is 1. The molecular weight excluding hydrogens is 230 g/mol. The van der Waals surface area contributed by atoms with Gasteiger partial charge in [-0.05, 0) is 12.1 Å². The summed E-state index contributed by atoms with van der Waals surface area (Å²) in [7, 11) is 0. The molecule has 0 radical (unpaired) electrons. The van der Waals surface area contributed by atoms with Gasteiger partial charge in [0.2, 0.25) is 0 Å². The van der Waals surface area contributed by atoms with Crippen molar-refractivity contribution >= 4 is 23.2 Å². The summed E-state index contributed by atoms with van der Waals surface area (Å²) in [6.07, 6.45) is 1.56. The number of hydrogen-bond donors (Lipinski definition) is 2. The van der Waals surface area contributed by atoms with Crippen LogP contribution in [0.5, 0.6) is 0 Å². The van der Waals surface area contributed by atoms with E-state index >= 15 is 0 Å². The van der Waals surface area contributed by atoms with Crippen molar-refractivity contribution in [2.45, 2.75) is 12.5 Å². The predicted molar refractivity (Wildman–Crippen MR) is 59.4 cm³/mol. The van der Waals surface area contributed by atoms with E-state index in [0.29, 0.717) is 16.5 Å². The van der Waals surface area contributed by atoms with Gasteiger partial charge in [0.1, 0.15) is 10.8 Å². The fourth-order valence-electron chi connectivity index (χ4n) is 1.50. The number of fused-ring (bicyclic) bond motifs is 1. The van der Waals surface area contributed by atoms with Gasteiger partial charge >= 0.3 is 5.97 Å². The second-order valence-electron chi connectivity index (χ2n) is 3.42. The topological polar surface area (TPSA) is 80.6 Å². The molecular formula is C10H10ClN3O2. The van der Waals surface area contributed by atoms with Crippen LogP contribution in [0.2, 0.25) is 5.15 Å². The van der Waals surface area contributed by atoms with Crippen LogP contribution in [0.25, 0.3) is 5.65 Å². The first-order valence-corrected chi connectivity index (χ1v) is 5.07. The lowest BCUT2D eigenvalue weighted by atomic mass is 10.2. The summed E-state index contributed by atoms with van der Waals surface area (Å²) in [6.45, 7) is 0. The highest BCUT2D eigenvalue weighted by Gasteiger charge is 2.18. The lowest BCUT2D eigenvalue weighted by Gasteiger charge is -2.05. The van der Waals surface area contributed by atoms with Gasteiger partial charge < -0.3 is 10.8 Å². The van der Waals surface area contributed by atoms with Crippen LogP contribution < -0.4 is 5.73 Å². The molecule has 0 aromatic carbocycles. The van der Waals surface area contributed by atoms with Gasteiger partial charge in [-0.25, -0.2) is 4.98 Å². The maximum Gasteiger partial charge on any atom is 0.305 e. The highest BCUT2D eigenvalue weighted by Crippen LogP contribution is 2.24. The number of imidazole rings is 1. The van der Waals surface area contributed by atoms with E-state index in [1.807, 2.05) is 12.1 Å². The molecule has 0 saturated carbocycles. The van der Waals surface area contributed by atoms with Crippen molar-refractivity contribution in [2.75, 3.05) is 0 Å². The molecule has 0 saturated heterocycles. The fraction of sp³-hybridized carbons (Fsp3) is 0.200. The van der Waals surface area contributed by atoms with Gasteiger partial charge in [0.15, 0.2) is 0 Å². The second kappa shape index (κ2) is 4.11. The lowest BCUT2D eigenvalue weighted by Crippen LogP contribution is -2.15. The first-order valence-electron chi connectivity index (χ1n) is 4.69. The van der Waals surface area contributed by atoms with Crippen LogP contribution in [0, 0.1) is 0 Å². The average molecular weight is 240 g/mol. The van der Waals surface area contributed by atoms with Crippen molar-refractivity contribution in [3.05, 3.63) is 35.2 Å². The Bertz CT molecular complexity index is 538. The van der Waals surface area contributed by atoms with Crippen molar-refractivity contribution in [1.82, 2.24) is 9.38 Å². The van der Waals surface area contributed by atoms with E-state index in [2.05, 4.69) is 4.98 Å². The zero-order valence-electron chi connectivity index (χ0n) is 8.30. The Labute approximate surface area is 96.5 Å². The van der Waals surface area contributed by atoms with E-state index in [-0.39, 0.29) is 6.42 Å². The molecule has 2 aromatic rings. The van der Waals surface area contributed by atoms with Gasteiger partial charge in [-0.3, -0.25) is 9.20 Å². The maximum atomic E-state index is 10.6. The molecule has 84 valence electrons. The van der Waals surface area contributed by atoms with E-state index in [9.17, 15) is 4.79 Å². The number of carboxylic acid groups (broad SMARTS) is 1. The molecule has 1 atom stereocenters. The number of aliphatic carboxylic acids is 1. The normalized spacial score (nSPS) is 12.9. The van der Waals surface area contributed by atoms with E-state index in [1.54, 1.807) is 16.7 Å². The number of carbonyl (C=O) groups is 1. The average Bonchev–Trinajstić information content (AvgIpc) is 2.56. The van der Waals surface area contributed by atoms with Crippen LogP contribution in [-0.4, -0.2) is 20.5 Å². The van der Waals surface area contributed by atoms with E-state index < -0.39 is 12.0 Å². The van der Waals surface area contributed by atoms with Gasteiger partial charge in [-0.15, -0.1) is 0 Å². The summed E-state index contributed by atoms with van der Waals surface area (Å²) in [5.74, 6) is -0.972. The minimum absolute atomic E-state index is 0.191. The van der Waals surface area contributed by atoms with E-state index in [4.69, 9.17) is 22.4 Å². The zero-order chi connectivity index (χ0) is 11.7. The molecule has 3 N–H and O–H groups in total. The summed E-state index contributed by atoms with van der Waals surface area (Å²) < 4.78 is 1.67. The maximum absolute atomic E-state index is 10.6. The number of hydrogen-bond acceptors (Lipinski definition) is 3. The number of carboxylic acids is 1. The molecule has 5 nitrogen and oxygen atoms in total. The quantitative estimate of drug-likeness (QED) is 0.850. The minimum atomic E-state index is -0.972. The van der Waals surface area contributed by atoms with Gasteiger partial charge in [0.25, 0.3) is 0 Å². The highest BCUT2D eigenvalue weighted by atomic mass is 35.5.